The van der Waals surface area contributed by atoms with Gasteiger partial charge >= 0.3 is 0 Å². The van der Waals surface area contributed by atoms with Gasteiger partial charge in [0, 0.05) is 25.7 Å². The van der Waals surface area contributed by atoms with Gasteiger partial charge in [-0.15, -0.1) is 0 Å². The molecule has 1 heterocycles. The normalized spacial score (nSPS) is 17.6. The fourth-order valence-electron chi connectivity index (χ4n) is 2.60. The molecule has 106 valence electrons. The molecule has 0 amide bonds. The number of benzene rings is 1. The smallest absolute Gasteiger partial charge is 0.146 e. The summed E-state index contributed by atoms with van der Waals surface area (Å²) >= 11 is 0. The number of hydrogen-bond acceptors (Lipinski definition) is 3. The predicted molar refractivity (Wildman–Crippen MR) is 77.9 cm³/mol. The monoisotopic (exact) mass is 265 g/mol. The van der Waals surface area contributed by atoms with E-state index in [1.807, 2.05) is 12.1 Å². The molecule has 0 atom stereocenters. The van der Waals surface area contributed by atoms with Crippen LogP contribution < -0.4 is 10.6 Å². The number of nitrogens with two attached hydrogens (primary N) is 1. The average Bonchev–Trinajstić information content (AvgIpc) is 2.43. The highest BCUT2D eigenvalue weighted by atomic mass is 19.1. The van der Waals surface area contributed by atoms with Crippen molar-refractivity contribution in [3.8, 4) is 0 Å². The van der Waals surface area contributed by atoms with E-state index in [1.165, 1.54) is 6.07 Å². The van der Waals surface area contributed by atoms with Crippen LogP contribution in [0.5, 0.6) is 0 Å². The summed E-state index contributed by atoms with van der Waals surface area (Å²) < 4.78 is 13.8. The molecule has 0 radical (unpaired) electrons. The lowest BCUT2D eigenvalue weighted by molar-refractivity contribution is 0.217. The summed E-state index contributed by atoms with van der Waals surface area (Å²) in [6.07, 6.45) is 2.15. The number of nitrogens with zero attached hydrogens (tertiary/aromatic N) is 2. The lowest BCUT2D eigenvalue weighted by atomic mass is 10.1. The molecule has 0 unspecified atom stereocenters. The van der Waals surface area contributed by atoms with Gasteiger partial charge in [0.1, 0.15) is 5.82 Å². The highest BCUT2D eigenvalue weighted by molar-refractivity contribution is 5.47. The average molecular weight is 265 g/mol. The van der Waals surface area contributed by atoms with Gasteiger partial charge in [0.2, 0.25) is 0 Å². The first kappa shape index (κ1) is 14.3. The first-order valence-corrected chi connectivity index (χ1v) is 7.18. The second-order valence-electron chi connectivity index (χ2n) is 5.21. The van der Waals surface area contributed by atoms with Gasteiger partial charge in [-0.25, -0.2) is 4.39 Å². The molecule has 1 aromatic rings. The molecule has 2 N–H and O–H groups in total. The van der Waals surface area contributed by atoms with Crippen molar-refractivity contribution in [2.24, 2.45) is 5.73 Å². The van der Waals surface area contributed by atoms with E-state index in [0.717, 1.165) is 45.6 Å². The summed E-state index contributed by atoms with van der Waals surface area (Å²) in [6, 6.07) is 7.37. The third-order valence-electron chi connectivity index (χ3n) is 3.89. The first-order valence-electron chi connectivity index (χ1n) is 7.18. The Bertz CT molecular complexity index is 389. The Balaban J connectivity index is 1.88. The van der Waals surface area contributed by atoms with E-state index >= 15 is 0 Å². The van der Waals surface area contributed by atoms with Crippen LogP contribution in [-0.2, 0) is 0 Å². The van der Waals surface area contributed by atoms with Gasteiger partial charge in [0.05, 0.1) is 5.69 Å². The fourth-order valence-corrected chi connectivity index (χ4v) is 2.60. The number of piperidine rings is 1. The Labute approximate surface area is 115 Å². The molecule has 19 heavy (non-hydrogen) atoms. The number of hydrogen-bond donors (Lipinski definition) is 1. The van der Waals surface area contributed by atoms with Crippen LogP contribution in [0, 0.1) is 5.82 Å². The highest BCUT2D eigenvalue weighted by Gasteiger charge is 2.17. The molecule has 0 spiro atoms. The Hall–Kier alpha value is -1.13. The summed E-state index contributed by atoms with van der Waals surface area (Å²) in [7, 11) is 0. The van der Waals surface area contributed by atoms with Crippen molar-refractivity contribution in [1.82, 2.24) is 4.90 Å². The second-order valence-corrected chi connectivity index (χ2v) is 5.21. The van der Waals surface area contributed by atoms with Gasteiger partial charge in [-0.2, -0.15) is 0 Å². The van der Waals surface area contributed by atoms with Gasteiger partial charge in [-0.3, -0.25) is 0 Å². The molecule has 0 bridgehead atoms. The van der Waals surface area contributed by atoms with E-state index in [2.05, 4.69) is 16.7 Å². The summed E-state index contributed by atoms with van der Waals surface area (Å²) in [5.41, 5.74) is 6.61. The molecule has 1 aromatic carbocycles. The minimum Gasteiger partial charge on any atom is -0.368 e. The number of likely N-dealkylation sites (tertiary alicyclic amines) is 1. The predicted octanol–water partition coefficient (Wildman–Crippen LogP) is 2.08. The number of anilines is 1. The van der Waals surface area contributed by atoms with Crippen molar-refractivity contribution in [1.29, 1.82) is 0 Å². The van der Waals surface area contributed by atoms with Crippen LogP contribution in [0.25, 0.3) is 0 Å². The van der Waals surface area contributed by atoms with Crippen LogP contribution in [0.3, 0.4) is 0 Å². The third kappa shape index (κ3) is 3.91. The minimum absolute atomic E-state index is 0.134. The molecule has 1 fully saturated rings. The lowest BCUT2D eigenvalue weighted by Crippen LogP contribution is -2.43. The molecule has 0 aromatic heterocycles. The van der Waals surface area contributed by atoms with E-state index in [-0.39, 0.29) is 5.82 Å². The maximum atomic E-state index is 13.8. The summed E-state index contributed by atoms with van der Waals surface area (Å²) in [5.74, 6) is -0.134. The van der Waals surface area contributed by atoms with Gasteiger partial charge < -0.3 is 15.5 Å². The Kier molecular flexibility index (Phi) is 5.16. The van der Waals surface area contributed by atoms with Gasteiger partial charge in [0.15, 0.2) is 0 Å². The van der Waals surface area contributed by atoms with Gasteiger partial charge in [-0.05, 0) is 45.0 Å². The van der Waals surface area contributed by atoms with Crippen LogP contribution in [0.1, 0.15) is 19.8 Å². The molecule has 1 aliphatic rings. The van der Waals surface area contributed by atoms with Crippen molar-refractivity contribution in [3.63, 3.8) is 0 Å². The molecule has 0 saturated carbocycles. The zero-order valence-electron chi connectivity index (χ0n) is 11.7. The van der Waals surface area contributed by atoms with Gasteiger partial charge in [-0.1, -0.05) is 12.1 Å². The maximum absolute atomic E-state index is 13.8. The van der Waals surface area contributed by atoms with E-state index in [1.54, 1.807) is 6.07 Å². The molecule has 1 saturated heterocycles. The fraction of sp³-hybridized carbons (Fsp3) is 0.600. The second kappa shape index (κ2) is 6.87. The van der Waals surface area contributed by atoms with Crippen LogP contribution in [0.4, 0.5) is 10.1 Å². The number of rotatable bonds is 5. The topological polar surface area (TPSA) is 32.5 Å². The van der Waals surface area contributed by atoms with Crippen molar-refractivity contribution < 1.29 is 4.39 Å². The largest absolute Gasteiger partial charge is 0.368 e. The highest BCUT2D eigenvalue weighted by Crippen LogP contribution is 2.18. The third-order valence-corrected chi connectivity index (χ3v) is 3.89. The molecular weight excluding hydrogens is 241 g/mol. The molecule has 1 aliphatic heterocycles. The molecular formula is C15H24FN3. The number of halogens is 1. The van der Waals surface area contributed by atoms with Gasteiger partial charge in [0.25, 0.3) is 0 Å². The number of para-hydroxylation sites is 1. The van der Waals surface area contributed by atoms with E-state index in [9.17, 15) is 4.39 Å². The molecule has 0 aliphatic carbocycles. The van der Waals surface area contributed by atoms with Crippen LogP contribution in [0.15, 0.2) is 24.3 Å². The van der Waals surface area contributed by atoms with Crippen molar-refractivity contribution in [3.05, 3.63) is 30.1 Å². The standard InChI is InChI=1S/C15H24FN3/c1-2-19(15-6-4-3-5-14(15)16)12-11-18-9-7-13(17)8-10-18/h3-6,13H,2,7-12,17H2,1H3. The Morgan fingerprint density at radius 3 is 2.63 bits per heavy atom. The van der Waals surface area contributed by atoms with Crippen molar-refractivity contribution in [2.75, 3.05) is 37.6 Å². The molecule has 4 heteroatoms. The molecule has 3 nitrogen and oxygen atoms in total. The van der Waals surface area contributed by atoms with Crippen LogP contribution in [-0.4, -0.2) is 43.7 Å². The maximum Gasteiger partial charge on any atom is 0.146 e. The number of likely N-dealkylation sites (N-methyl/N-ethyl adjacent to an activating group) is 1. The van der Waals surface area contributed by atoms with Crippen molar-refractivity contribution in [2.45, 2.75) is 25.8 Å². The quantitative estimate of drug-likeness (QED) is 0.884. The summed E-state index contributed by atoms with van der Waals surface area (Å²) in [5, 5.41) is 0. The lowest BCUT2D eigenvalue weighted by Gasteiger charge is -2.32. The van der Waals surface area contributed by atoms with E-state index in [0.29, 0.717) is 11.7 Å². The SMILES string of the molecule is CCN(CCN1CCC(N)CC1)c1ccccc1F. The zero-order chi connectivity index (χ0) is 13.7. The Morgan fingerprint density at radius 1 is 1.32 bits per heavy atom. The van der Waals surface area contributed by atoms with Crippen molar-refractivity contribution >= 4 is 5.69 Å². The van der Waals surface area contributed by atoms with Crippen LogP contribution in [0.2, 0.25) is 0 Å². The minimum atomic E-state index is -0.134. The summed E-state index contributed by atoms with van der Waals surface area (Å²) in [4.78, 5) is 4.52. The van der Waals surface area contributed by atoms with E-state index < -0.39 is 0 Å². The Morgan fingerprint density at radius 2 is 2.00 bits per heavy atom. The first-order chi connectivity index (χ1) is 9.20. The summed E-state index contributed by atoms with van der Waals surface area (Å²) in [6.45, 7) is 6.88. The molecule has 2 rings (SSSR count). The van der Waals surface area contributed by atoms with Crippen LogP contribution >= 0.6 is 0 Å². The van der Waals surface area contributed by atoms with E-state index in [4.69, 9.17) is 5.73 Å². The zero-order valence-corrected chi connectivity index (χ0v) is 11.7.